The van der Waals surface area contributed by atoms with Crippen LogP contribution in [-0.2, 0) is 6.42 Å². The summed E-state index contributed by atoms with van der Waals surface area (Å²) in [6.45, 7) is 8.03. The molecule has 1 atom stereocenters. The minimum Gasteiger partial charge on any atom is -0.507 e. The Morgan fingerprint density at radius 1 is 1.06 bits per heavy atom. The minimum atomic E-state index is 0. The molecular formula is C13H20Cl2O2. The van der Waals surface area contributed by atoms with Crippen LogP contribution in [0.25, 0.3) is 0 Å². The predicted octanol–water partition coefficient (Wildman–Crippen LogP) is 3.87. The predicted molar refractivity (Wildman–Crippen MR) is 75.2 cm³/mol. The van der Waals surface area contributed by atoms with Crippen LogP contribution in [0.1, 0.15) is 35.6 Å². The second kappa shape index (κ2) is 5.83. The van der Waals surface area contributed by atoms with Gasteiger partial charge in [-0.1, -0.05) is 0 Å². The number of rotatable bonds is 0. The Labute approximate surface area is 115 Å². The molecule has 0 fully saturated rings. The summed E-state index contributed by atoms with van der Waals surface area (Å²) in [7, 11) is 0. The summed E-state index contributed by atoms with van der Waals surface area (Å²) in [5, 5.41) is 9.95. The monoisotopic (exact) mass is 278 g/mol. The summed E-state index contributed by atoms with van der Waals surface area (Å²) < 4.78 is 5.87. The molecule has 2 nitrogen and oxygen atoms in total. The molecule has 1 aromatic carbocycles. The van der Waals surface area contributed by atoms with Crippen molar-refractivity contribution in [3.05, 3.63) is 22.3 Å². The maximum Gasteiger partial charge on any atom is 0.126 e. The van der Waals surface area contributed by atoms with Crippen LogP contribution < -0.4 is 4.74 Å². The third-order valence-corrected chi connectivity index (χ3v) is 3.46. The Kier molecular flexibility index (Phi) is 5.63. The molecule has 0 saturated carbocycles. The molecule has 1 aliphatic heterocycles. The van der Waals surface area contributed by atoms with E-state index in [2.05, 4.69) is 6.92 Å². The molecule has 1 heterocycles. The van der Waals surface area contributed by atoms with Crippen LogP contribution in [0.15, 0.2) is 0 Å². The van der Waals surface area contributed by atoms with Crippen molar-refractivity contribution in [2.24, 2.45) is 0 Å². The number of phenolic OH excluding ortho intramolecular Hbond substituents is 1. The van der Waals surface area contributed by atoms with Crippen LogP contribution in [0.4, 0.5) is 0 Å². The molecule has 1 unspecified atom stereocenters. The van der Waals surface area contributed by atoms with Crippen LogP contribution in [0.3, 0.4) is 0 Å². The van der Waals surface area contributed by atoms with Crippen molar-refractivity contribution < 1.29 is 9.84 Å². The maximum atomic E-state index is 9.95. The van der Waals surface area contributed by atoms with E-state index < -0.39 is 0 Å². The molecule has 17 heavy (non-hydrogen) atoms. The average molecular weight is 279 g/mol. The second-order valence-electron chi connectivity index (χ2n) is 4.50. The lowest BCUT2D eigenvalue weighted by Crippen LogP contribution is -2.20. The number of benzene rings is 1. The van der Waals surface area contributed by atoms with Gasteiger partial charge in [0.05, 0.1) is 6.10 Å². The highest BCUT2D eigenvalue weighted by molar-refractivity contribution is 5.85. The molecule has 1 aromatic rings. The van der Waals surface area contributed by atoms with E-state index in [1.165, 1.54) is 5.56 Å². The Bertz CT molecular complexity index is 417. The van der Waals surface area contributed by atoms with Crippen molar-refractivity contribution in [3.8, 4) is 11.5 Å². The van der Waals surface area contributed by atoms with Gasteiger partial charge in [-0.15, -0.1) is 24.8 Å². The Hall–Kier alpha value is -0.600. The van der Waals surface area contributed by atoms with E-state index in [-0.39, 0.29) is 24.8 Å². The van der Waals surface area contributed by atoms with Crippen molar-refractivity contribution in [3.63, 3.8) is 0 Å². The molecule has 0 bridgehead atoms. The van der Waals surface area contributed by atoms with Gasteiger partial charge in [0, 0.05) is 5.56 Å². The van der Waals surface area contributed by atoms with Gasteiger partial charge in [-0.05, 0) is 57.2 Å². The molecule has 2 rings (SSSR count). The smallest absolute Gasteiger partial charge is 0.126 e. The van der Waals surface area contributed by atoms with Crippen LogP contribution in [0.2, 0.25) is 0 Å². The number of ether oxygens (including phenoxy) is 1. The molecule has 1 aliphatic rings. The first-order valence-electron chi connectivity index (χ1n) is 5.50. The molecule has 0 aliphatic carbocycles. The van der Waals surface area contributed by atoms with Crippen LogP contribution in [-0.4, -0.2) is 11.2 Å². The zero-order valence-electron chi connectivity index (χ0n) is 10.7. The van der Waals surface area contributed by atoms with E-state index in [0.717, 1.165) is 35.3 Å². The molecule has 0 spiro atoms. The zero-order valence-corrected chi connectivity index (χ0v) is 12.3. The minimum absolute atomic E-state index is 0. The van der Waals surface area contributed by atoms with Gasteiger partial charge in [0.2, 0.25) is 0 Å². The summed E-state index contributed by atoms with van der Waals surface area (Å²) in [5.74, 6) is 1.44. The van der Waals surface area contributed by atoms with Crippen LogP contribution >= 0.6 is 24.8 Å². The summed E-state index contributed by atoms with van der Waals surface area (Å²) in [6, 6.07) is 0. The number of hydrogen-bond acceptors (Lipinski definition) is 2. The number of fused-ring (bicyclic) bond motifs is 1. The lowest BCUT2D eigenvalue weighted by molar-refractivity contribution is 0.190. The first-order valence-corrected chi connectivity index (χ1v) is 5.50. The molecular weight excluding hydrogens is 259 g/mol. The van der Waals surface area contributed by atoms with E-state index in [4.69, 9.17) is 4.74 Å². The van der Waals surface area contributed by atoms with Gasteiger partial charge in [0.25, 0.3) is 0 Å². The highest BCUT2D eigenvalue weighted by Gasteiger charge is 2.23. The van der Waals surface area contributed by atoms with E-state index in [1.54, 1.807) is 0 Å². The Morgan fingerprint density at radius 2 is 1.65 bits per heavy atom. The maximum absolute atomic E-state index is 9.95. The van der Waals surface area contributed by atoms with E-state index in [9.17, 15) is 5.11 Å². The molecule has 0 radical (unpaired) electrons. The number of hydrogen-bond donors (Lipinski definition) is 1. The number of aromatic hydroxyl groups is 1. The lowest BCUT2D eigenvalue weighted by atomic mass is 9.92. The van der Waals surface area contributed by atoms with Gasteiger partial charge in [-0.3, -0.25) is 0 Å². The highest BCUT2D eigenvalue weighted by atomic mass is 35.5. The Balaban J connectivity index is 0.00000128. The zero-order chi connectivity index (χ0) is 11.2. The second-order valence-corrected chi connectivity index (χ2v) is 4.50. The van der Waals surface area contributed by atoms with Crippen molar-refractivity contribution in [1.82, 2.24) is 0 Å². The van der Waals surface area contributed by atoms with Crippen molar-refractivity contribution in [2.45, 2.75) is 46.6 Å². The molecule has 0 saturated heterocycles. The van der Waals surface area contributed by atoms with E-state index in [1.807, 2.05) is 20.8 Å². The molecule has 1 N–H and O–H groups in total. The normalized spacial score (nSPS) is 17.3. The number of phenols is 1. The van der Waals surface area contributed by atoms with Gasteiger partial charge in [-0.2, -0.15) is 0 Å². The third-order valence-electron chi connectivity index (χ3n) is 3.46. The number of halogens is 2. The van der Waals surface area contributed by atoms with E-state index in [0.29, 0.717) is 11.9 Å². The fourth-order valence-corrected chi connectivity index (χ4v) is 2.24. The first kappa shape index (κ1) is 16.4. The standard InChI is InChI=1S/C13H18O2.2ClH/c1-7-5-6-11-10(4)12(14)8(2)9(3)13(11)15-7;;/h7,14H,5-6H2,1-4H3;2*1H. The summed E-state index contributed by atoms with van der Waals surface area (Å²) in [5.41, 5.74) is 4.20. The summed E-state index contributed by atoms with van der Waals surface area (Å²) in [4.78, 5) is 0. The van der Waals surface area contributed by atoms with Crippen LogP contribution in [0, 0.1) is 20.8 Å². The van der Waals surface area contributed by atoms with E-state index >= 15 is 0 Å². The molecule has 4 heteroatoms. The summed E-state index contributed by atoms with van der Waals surface area (Å²) >= 11 is 0. The first-order chi connectivity index (χ1) is 7.02. The fourth-order valence-electron chi connectivity index (χ4n) is 2.24. The van der Waals surface area contributed by atoms with Crippen molar-refractivity contribution >= 4 is 24.8 Å². The fraction of sp³-hybridized carbons (Fsp3) is 0.538. The van der Waals surface area contributed by atoms with Crippen molar-refractivity contribution in [1.29, 1.82) is 0 Å². The van der Waals surface area contributed by atoms with Gasteiger partial charge in [-0.25, -0.2) is 0 Å². The quantitative estimate of drug-likeness (QED) is 0.781. The van der Waals surface area contributed by atoms with Crippen LogP contribution in [0.5, 0.6) is 11.5 Å². The summed E-state index contributed by atoms with van der Waals surface area (Å²) in [6.07, 6.45) is 2.34. The van der Waals surface area contributed by atoms with Gasteiger partial charge >= 0.3 is 0 Å². The topological polar surface area (TPSA) is 29.5 Å². The molecule has 0 amide bonds. The SMILES string of the molecule is Cc1c(C)c2c(c(C)c1O)CCC(C)O2.Cl.Cl. The van der Waals surface area contributed by atoms with Gasteiger partial charge in [0.15, 0.2) is 0 Å². The van der Waals surface area contributed by atoms with Crippen molar-refractivity contribution in [2.75, 3.05) is 0 Å². The Morgan fingerprint density at radius 3 is 2.24 bits per heavy atom. The van der Waals surface area contributed by atoms with Gasteiger partial charge in [0.1, 0.15) is 11.5 Å². The third kappa shape index (κ3) is 2.63. The lowest BCUT2D eigenvalue weighted by Gasteiger charge is -2.27. The average Bonchev–Trinajstić information content (AvgIpc) is 2.23. The molecule has 98 valence electrons. The molecule has 0 aromatic heterocycles. The largest absolute Gasteiger partial charge is 0.507 e. The van der Waals surface area contributed by atoms with Gasteiger partial charge < -0.3 is 9.84 Å². The highest BCUT2D eigenvalue weighted by Crippen LogP contribution is 2.40.